The molecule has 0 unspecified atom stereocenters. The Bertz CT molecular complexity index is 627. The zero-order valence-corrected chi connectivity index (χ0v) is 15.4. The van der Waals surface area contributed by atoms with Gasteiger partial charge in [-0.25, -0.2) is 8.42 Å². The molecule has 1 aromatic carbocycles. The Labute approximate surface area is 136 Å². The van der Waals surface area contributed by atoms with Gasteiger partial charge in [-0.15, -0.1) is 13.0 Å². The molecule has 0 bridgehead atoms. The summed E-state index contributed by atoms with van der Waals surface area (Å²) >= 11 is 0. The molecule has 0 radical (unpaired) electrons. The molecule has 0 aliphatic heterocycles. The van der Waals surface area contributed by atoms with E-state index in [0.717, 1.165) is 11.6 Å². The quantitative estimate of drug-likeness (QED) is 0.414. The highest BCUT2D eigenvalue weighted by Gasteiger charge is 2.30. The van der Waals surface area contributed by atoms with E-state index in [1.165, 1.54) is 4.31 Å². The molecule has 0 saturated heterocycles. The first kappa shape index (κ1) is 18.7. The third-order valence-electron chi connectivity index (χ3n) is 3.39. The molecule has 0 spiro atoms. The second kappa shape index (κ2) is 7.77. The maximum absolute atomic E-state index is 12.7. The minimum absolute atomic E-state index is 0.0552. The van der Waals surface area contributed by atoms with Gasteiger partial charge in [0, 0.05) is 8.07 Å². The number of benzene rings is 1. The molecule has 0 fully saturated rings. The molecule has 3 nitrogen and oxygen atoms in total. The molecule has 0 N–H and O–H groups in total. The lowest BCUT2D eigenvalue weighted by molar-refractivity contribution is 0.403. The van der Waals surface area contributed by atoms with Crippen molar-refractivity contribution in [3.63, 3.8) is 0 Å². The van der Waals surface area contributed by atoms with Gasteiger partial charge in [-0.2, -0.15) is 4.31 Å². The largest absolute Gasteiger partial charge is 0.215 e. The van der Waals surface area contributed by atoms with Crippen molar-refractivity contribution in [3.05, 3.63) is 48.6 Å². The lowest BCUT2D eigenvalue weighted by Gasteiger charge is -2.28. The van der Waals surface area contributed by atoms with Gasteiger partial charge in [0.05, 0.1) is 18.3 Å². The number of terminal acetylenes is 1. The van der Waals surface area contributed by atoms with Crippen LogP contribution in [0.5, 0.6) is 0 Å². The van der Waals surface area contributed by atoms with Crippen LogP contribution >= 0.6 is 0 Å². The Morgan fingerprint density at radius 3 is 2.36 bits per heavy atom. The third kappa shape index (κ3) is 5.45. The standard InChI is InChI=1S/C17H25NO2SSi/c1-6-13-18(21(19,20)14-15-22(3,4)5)17(7-2)16-11-9-8-10-12-16/h1,7-12,17H,2,13-15H2,3-5H3/t17-/m1/s1. The predicted octanol–water partition coefficient (Wildman–Crippen LogP) is 3.52. The second-order valence-corrected chi connectivity index (χ2v) is 14.1. The normalized spacial score (nSPS) is 13.6. The number of hydrogen-bond donors (Lipinski definition) is 0. The van der Waals surface area contributed by atoms with Gasteiger partial charge < -0.3 is 0 Å². The fraction of sp³-hybridized carbons (Fsp3) is 0.412. The second-order valence-electron chi connectivity index (χ2n) is 6.47. The molecule has 0 aromatic heterocycles. The van der Waals surface area contributed by atoms with Crippen LogP contribution in [0, 0.1) is 12.3 Å². The van der Waals surface area contributed by atoms with Crippen molar-refractivity contribution in [1.82, 2.24) is 4.31 Å². The molecule has 5 heteroatoms. The first-order chi connectivity index (χ1) is 10.2. The van der Waals surface area contributed by atoms with Crippen molar-refractivity contribution >= 4 is 18.1 Å². The Morgan fingerprint density at radius 2 is 1.91 bits per heavy atom. The average molecular weight is 336 g/mol. The summed E-state index contributed by atoms with van der Waals surface area (Å²) < 4.78 is 26.9. The fourth-order valence-electron chi connectivity index (χ4n) is 2.08. The van der Waals surface area contributed by atoms with E-state index in [9.17, 15) is 8.42 Å². The van der Waals surface area contributed by atoms with Crippen molar-refractivity contribution in [3.8, 4) is 12.3 Å². The monoisotopic (exact) mass is 335 g/mol. The van der Waals surface area contributed by atoms with Gasteiger partial charge in [0.15, 0.2) is 0 Å². The molecule has 0 aliphatic carbocycles. The van der Waals surface area contributed by atoms with Crippen molar-refractivity contribution in [2.45, 2.75) is 31.7 Å². The van der Waals surface area contributed by atoms with Crippen LogP contribution in [0.1, 0.15) is 11.6 Å². The first-order valence-electron chi connectivity index (χ1n) is 7.32. The highest BCUT2D eigenvalue weighted by Crippen LogP contribution is 2.26. The molecule has 1 atom stereocenters. The van der Waals surface area contributed by atoms with Crippen LogP contribution in [0.3, 0.4) is 0 Å². The number of sulfonamides is 1. The fourth-order valence-corrected chi connectivity index (χ4v) is 6.62. The molecule has 1 rings (SSSR count). The smallest absolute Gasteiger partial charge is 0.212 e. The van der Waals surface area contributed by atoms with Crippen LogP contribution in [-0.2, 0) is 10.0 Å². The van der Waals surface area contributed by atoms with E-state index in [1.807, 2.05) is 30.3 Å². The van der Waals surface area contributed by atoms with Crippen LogP contribution in [0.25, 0.3) is 0 Å². The van der Waals surface area contributed by atoms with Gasteiger partial charge in [-0.3, -0.25) is 0 Å². The minimum Gasteiger partial charge on any atom is -0.212 e. The molecule has 0 heterocycles. The van der Waals surface area contributed by atoms with Gasteiger partial charge in [-0.05, 0) is 11.6 Å². The lowest BCUT2D eigenvalue weighted by Crippen LogP contribution is -2.38. The van der Waals surface area contributed by atoms with E-state index in [-0.39, 0.29) is 12.3 Å². The maximum Gasteiger partial charge on any atom is 0.215 e. The summed E-state index contributed by atoms with van der Waals surface area (Å²) in [5.74, 6) is 2.61. The Hall–Kier alpha value is -1.35. The van der Waals surface area contributed by atoms with E-state index in [2.05, 4.69) is 32.1 Å². The maximum atomic E-state index is 12.7. The van der Waals surface area contributed by atoms with E-state index in [1.54, 1.807) is 6.08 Å². The highest BCUT2D eigenvalue weighted by molar-refractivity contribution is 7.89. The minimum atomic E-state index is -3.42. The zero-order chi connectivity index (χ0) is 16.8. The summed E-state index contributed by atoms with van der Waals surface area (Å²) in [6.45, 7) is 10.3. The summed E-state index contributed by atoms with van der Waals surface area (Å²) in [6.07, 6.45) is 7.03. The van der Waals surface area contributed by atoms with Crippen molar-refractivity contribution < 1.29 is 8.42 Å². The van der Waals surface area contributed by atoms with Crippen molar-refractivity contribution in [1.29, 1.82) is 0 Å². The third-order valence-corrected chi connectivity index (χ3v) is 7.29. The van der Waals surface area contributed by atoms with Crippen molar-refractivity contribution in [2.75, 3.05) is 12.3 Å². The van der Waals surface area contributed by atoms with Crippen LogP contribution in [0.2, 0.25) is 25.7 Å². The lowest BCUT2D eigenvalue weighted by atomic mass is 10.1. The summed E-state index contributed by atoms with van der Waals surface area (Å²) in [6, 6.07) is 9.74. The molecular weight excluding hydrogens is 310 g/mol. The van der Waals surface area contributed by atoms with E-state index in [0.29, 0.717) is 0 Å². The molecule has 1 aromatic rings. The summed E-state index contributed by atoms with van der Waals surface area (Å²) in [7, 11) is -4.87. The summed E-state index contributed by atoms with van der Waals surface area (Å²) in [5, 5.41) is 0. The van der Waals surface area contributed by atoms with Gasteiger partial charge in [0.2, 0.25) is 10.0 Å². The molecule has 0 amide bonds. The van der Waals surface area contributed by atoms with Crippen LogP contribution in [0.15, 0.2) is 43.0 Å². The van der Waals surface area contributed by atoms with E-state index >= 15 is 0 Å². The van der Waals surface area contributed by atoms with Crippen LogP contribution < -0.4 is 0 Å². The predicted molar refractivity (Wildman–Crippen MR) is 96.9 cm³/mol. The Kier molecular flexibility index (Phi) is 6.60. The highest BCUT2D eigenvalue weighted by atomic mass is 32.2. The van der Waals surface area contributed by atoms with Crippen molar-refractivity contribution in [2.24, 2.45) is 0 Å². The first-order valence-corrected chi connectivity index (χ1v) is 12.6. The van der Waals surface area contributed by atoms with Gasteiger partial charge >= 0.3 is 0 Å². The molecular formula is C17H25NO2SSi. The van der Waals surface area contributed by atoms with E-state index < -0.39 is 24.1 Å². The molecule has 120 valence electrons. The topological polar surface area (TPSA) is 37.4 Å². The number of rotatable bonds is 8. The molecule has 0 aliphatic rings. The van der Waals surface area contributed by atoms with Gasteiger partial charge in [-0.1, -0.05) is 62.0 Å². The number of nitrogens with zero attached hydrogens (tertiary/aromatic N) is 1. The summed E-state index contributed by atoms with van der Waals surface area (Å²) in [4.78, 5) is 0. The molecule has 0 saturated carbocycles. The molecule has 22 heavy (non-hydrogen) atoms. The van der Waals surface area contributed by atoms with Crippen LogP contribution in [-0.4, -0.2) is 33.1 Å². The van der Waals surface area contributed by atoms with E-state index in [4.69, 9.17) is 6.42 Å². The van der Waals surface area contributed by atoms with Gasteiger partial charge in [0.1, 0.15) is 0 Å². The SMILES string of the molecule is C#CCN([C@H](C=C)c1ccccc1)S(=O)(=O)CC[Si](C)(C)C. The Morgan fingerprint density at radius 1 is 1.32 bits per heavy atom. The van der Waals surface area contributed by atoms with Gasteiger partial charge in [0.25, 0.3) is 0 Å². The Balaban J connectivity index is 3.10. The summed E-state index contributed by atoms with van der Waals surface area (Å²) in [5.41, 5.74) is 0.879. The zero-order valence-electron chi connectivity index (χ0n) is 13.6. The average Bonchev–Trinajstić information content (AvgIpc) is 2.46. The van der Waals surface area contributed by atoms with Crippen LogP contribution in [0.4, 0.5) is 0 Å². The number of hydrogen-bond acceptors (Lipinski definition) is 2.